The molecule has 7 heteroatoms. The molecule has 0 aliphatic rings. The molecule has 0 unspecified atom stereocenters. The number of nitrogens with zero attached hydrogens (tertiary/aromatic N) is 1. The molecule has 0 aliphatic carbocycles. The number of carbonyl (C=O) groups is 1. The number of benzene rings is 1. The maximum atomic E-state index is 14.5. The van der Waals surface area contributed by atoms with Crippen LogP contribution in [0.15, 0.2) is 30.5 Å². The number of carboxylic acid groups (broad SMARTS) is 1. The molecular formula is C20H24F2N2O3. The van der Waals surface area contributed by atoms with E-state index >= 15 is 0 Å². The molecule has 2 N–H and O–H groups in total. The number of aliphatic carboxylic acids is 1. The third-order valence-corrected chi connectivity index (χ3v) is 3.87. The summed E-state index contributed by atoms with van der Waals surface area (Å²) < 4.78 is 34.6. The minimum absolute atomic E-state index is 0.000275. The molecule has 0 spiro atoms. The zero-order valence-corrected chi connectivity index (χ0v) is 15.5. The summed E-state index contributed by atoms with van der Waals surface area (Å²) in [7, 11) is 0. The number of hydrogen-bond acceptors (Lipinski definition) is 4. The highest BCUT2D eigenvalue weighted by Crippen LogP contribution is 2.31. The molecule has 27 heavy (non-hydrogen) atoms. The largest absolute Gasteiger partial charge is 0.481 e. The van der Waals surface area contributed by atoms with Crippen LogP contribution in [0.25, 0.3) is 11.1 Å². The van der Waals surface area contributed by atoms with Gasteiger partial charge in [-0.1, -0.05) is 0 Å². The Hall–Kier alpha value is -2.54. The number of halogens is 2. The van der Waals surface area contributed by atoms with Gasteiger partial charge in [0.1, 0.15) is 11.6 Å². The van der Waals surface area contributed by atoms with Crippen molar-refractivity contribution < 1.29 is 23.4 Å². The maximum Gasteiger partial charge on any atom is 0.303 e. The first-order valence-electron chi connectivity index (χ1n) is 8.91. The summed E-state index contributed by atoms with van der Waals surface area (Å²) in [5.74, 6) is -1.78. The lowest BCUT2D eigenvalue weighted by Crippen LogP contribution is -2.20. The molecule has 0 bridgehead atoms. The number of rotatable bonds is 10. The Balaban J connectivity index is 2.08. The summed E-state index contributed by atoms with van der Waals surface area (Å²) in [6, 6.07) is 5.97. The molecule has 146 valence electrons. The summed E-state index contributed by atoms with van der Waals surface area (Å²) >= 11 is 0. The summed E-state index contributed by atoms with van der Waals surface area (Å²) in [4.78, 5) is 14.6. The predicted molar refractivity (Wildman–Crippen MR) is 98.8 cm³/mol. The fraction of sp³-hybridized carbons (Fsp3) is 0.400. The van der Waals surface area contributed by atoms with E-state index in [0.29, 0.717) is 36.5 Å². The minimum atomic E-state index is -0.860. The van der Waals surface area contributed by atoms with Crippen LogP contribution in [0, 0.1) is 11.6 Å². The average molecular weight is 378 g/mol. The number of aromatic nitrogens is 1. The Morgan fingerprint density at radius 3 is 2.59 bits per heavy atom. The van der Waals surface area contributed by atoms with Gasteiger partial charge in [0.15, 0.2) is 0 Å². The summed E-state index contributed by atoms with van der Waals surface area (Å²) in [5, 5.41) is 11.6. The van der Waals surface area contributed by atoms with E-state index in [0.717, 1.165) is 0 Å². The van der Waals surface area contributed by atoms with Crippen LogP contribution < -0.4 is 10.1 Å². The summed E-state index contributed by atoms with van der Waals surface area (Å²) in [5.41, 5.74) is 0.897. The Bertz CT molecular complexity index is 759. The summed E-state index contributed by atoms with van der Waals surface area (Å²) in [6.07, 6.45) is 2.17. The van der Waals surface area contributed by atoms with Crippen LogP contribution in [0.1, 0.15) is 32.3 Å². The highest BCUT2D eigenvalue weighted by molar-refractivity contribution is 5.69. The molecule has 0 fully saturated rings. The Kier molecular flexibility index (Phi) is 7.67. The molecule has 0 atom stereocenters. The second-order valence-electron chi connectivity index (χ2n) is 6.44. The van der Waals surface area contributed by atoms with Crippen molar-refractivity contribution in [1.29, 1.82) is 0 Å². The van der Waals surface area contributed by atoms with E-state index < -0.39 is 17.6 Å². The summed E-state index contributed by atoms with van der Waals surface area (Å²) in [6.45, 7) is 4.55. The van der Waals surface area contributed by atoms with E-state index in [2.05, 4.69) is 10.3 Å². The van der Waals surface area contributed by atoms with Crippen molar-refractivity contribution >= 4 is 5.97 Å². The second kappa shape index (κ2) is 9.97. The van der Waals surface area contributed by atoms with Crippen LogP contribution >= 0.6 is 0 Å². The highest BCUT2D eigenvalue weighted by atomic mass is 19.1. The van der Waals surface area contributed by atoms with E-state index in [1.807, 2.05) is 13.8 Å². The third-order valence-electron chi connectivity index (χ3n) is 3.87. The van der Waals surface area contributed by atoms with Gasteiger partial charge in [0.25, 0.3) is 0 Å². The molecule has 5 nitrogen and oxygen atoms in total. The standard InChI is InChI=1S/C20H24F2N2O3/c1-13(2)27-20-15(5-3-9-24-20)14-11-17(21)16(18(22)12-14)7-10-23-8-4-6-19(25)26/h3,5,9,11-13,23H,4,6-8,10H2,1-2H3,(H,25,26). The number of hydrogen-bond donors (Lipinski definition) is 2. The lowest BCUT2D eigenvalue weighted by atomic mass is 10.0. The van der Waals surface area contributed by atoms with Gasteiger partial charge >= 0.3 is 5.97 Å². The van der Waals surface area contributed by atoms with Gasteiger partial charge in [0, 0.05) is 23.7 Å². The van der Waals surface area contributed by atoms with Crippen molar-refractivity contribution in [2.75, 3.05) is 13.1 Å². The van der Waals surface area contributed by atoms with E-state index in [9.17, 15) is 13.6 Å². The number of ether oxygens (including phenoxy) is 1. The van der Waals surface area contributed by atoms with Crippen LogP contribution in [-0.2, 0) is 11.2 Å². The van der Waals surface area contributed by atoms with Gasteiger partial charge in [-0.2, -0.15) is 0 Å². The molecule has 2 aromatic rings. The van der Waals surface area contributed by atoms with Crippen molar-refractivity contribution in [1.82, 2.24) is 10.3 Å². The zero-order chi connectivity index (χ0) is 19.8. The normalized spacial score (nSPS) is 11.0. The van der Waals surface area contributed by atoms with Crippen molar-refractivity contribution in [3.8, 4) is 17.0 Å². The smallest absolute Gasteiger partial charge is 0.303 e. The monoisotopic (exact) mass is 378 g/mol. The van der Waals surface area contributed by atoms with Crippen molar-refractivity contribution in [3.63, 3.8) is 0 Å². The van der Waals surface area contributed by atoms with Crippen LogP contribution in [0.5, 0.6) is 5.88 Å². The van der Waals surface area contributed by atoms with E-state index in [4.69, 9.17) is 9.84 Å². The van der Waals surface area contributed by atoms with Crippen molar-refractivity contribution in [2.24, 2.45) is 0 Å². The third kappa shape index (κ3) is 6.29. The zero-order valence-electron chi connectivity index (χ0n) is 15.5. The number of pyridine rings is 1. The minimum Gasteiger partial charge on any atom is -0.481 e. The first kappa shape index (κ1) is 20.8. The van der Waals surface area contributed by atoms with Gasteiger partial charge in [-0.3, -0.25) is 4.79 Å². The fourth-order valence-corrected chi connectivity index (χ4v) is 2.63. The maximum absolute atomic E-state index is 14.5. The number of carboxylic acids is 1. The Morgan fingerprint density at radius 2 is 1.96 bits per heavy atom. The van der Waals surface area contributed by atoms with Gasteiger partial charge in [0.05, 0.1) is 6.10 Å². The Morgan fingerprint density at radius 1 is 1.26 bits per heavy atom. The molecular weight excluding hydrogens is 354 g/mol. The van der Waals surface area contributed by atoms with Gasteiger partial charge in [-0.05, 0) is 69.6 Å². The quantitative estimate of drug-likeness (QED) is 0.615. The molecule has 0 saturated carbocycles. The molecule has 2 rings (SSSR count). The molecule has 1 aromatic heterocycles. The molecule has 0 aliphatic heterocycles. The van der Waals surface area contributed by atoms with Gasteiger partial charge in [-0.25, -0.2) is 13.8 Å². The van der Waals surface area contributed by atoms with Crippen LogP contribution in [0.2, 0.25) is 0 Å². The average Bonchev–Trinajstić information content (AvgIpc) is 2.59. The lowest BCUT2D eigenvalue weighted by molar-refractivity contribution is -0.137. The van der Waals surface area contributed by atoms with E-state index in [1.54, 1.807) is 18.3 Å². The fourth-order valence-electron chi connectivity index (χ4n) is 2.63. The van der Waals surface area contributed by atoms with E-state index in [1.165, 1.54) is 12.1 Å². The highest BCUT2D eigenvalue weighted by Gasteiger charge is 2.15. The van der Waals surface area contributed by atoms with Crippen LogP contribution in [0.4, 0.5) is 8.78 Å². The van der Waals surface area contributed by atoms with Gasteiger partial charge in [0.2, 0.25) is 5.88 Å². The van der Waals surface area contributed by atoms with Gasteiger partial charge < -0.3 is 15.2 Å². The Labute approximate surface area is 157 Å². The van der Waals surface area contributed by atoms with Crippen LogP contribution in [-0.4, -0.2) is 35.3 Å². The first-order chi connectivity index (χ1) is 12.9. The first-order valence-corrected chi connectivity index (χ1v) is 8.91. The topological polar surface area (TPSA) is 71.5 Å². The molecule has 1 aromatic carbocycles. The van der Waals surface area contributed by atoms with Crippen molar-refractivity contribution in [2.45, 2.75) is 39.2 Å². The van der Waals surface area contributed by atoms with Crippen molar-refractivity contribution in [3.05, 3.63) is 47.7 Å². The number of nitrogens with one attached hydrogen (secondary N) is 1. The lowest BCUT2D eigenvalue weighted by Gasteiger charge is -2.14. The molecule has 1 heterocycles. The predicted octanol–water partition coefficient (Wildman–Crippen LogP) is 3.81. The molecule has 0 radical (unpaired) electrons. The van der Waals surface area contributed by atoms with Gasteiger partial charge in [-0.15, -0.1) is 0 Å². The molecule has 0 amide bonds. The second-order valence-corrected chi connectivity index (χ2v) is 6.44. The molecule has 0 saturated heterocycles. The van der Waals surface area contributed by atoms with E-state index in [-0.39, 0.29) is 24.5 Å². The van der Waals surface area contributed by atoms with Crippen LogP contribution in [0.3, 0.4) is 0 Å². The SMILES string of the molecule is CC(C)Oc1ncccc1-c1cc(F)c(CCNCCCC(=O)O)c(F)c1.